The smallest absolute Gasteiger partial charge is 0.138 e. The average Bonchev–Trinajstić information content (AvgIpc) is 2.21. The van der Waals surface area contributed by atoms with E-state index in [0.717, 1.165) is 10.0 Å². The van der Waals surface area contributed by atoms with E-state index in [9.17, 15) is 4.79 Å². The van der Waals surface area contributed by atoms with Gasteiger partial charge in [-0.05, 0) is 23.6 Å². The second-order valence-corrected chi connectivity index (χ2v) is 5.37. The number of rotatable bonds is 5. The highest BCUT2D eigenvalue weighted by Crippen LogP contribution is 2.12. The molecule has 0 bridgehead atoms. The first-order chi connectivity index (χ1) is 7.49. The molecule has 88 valence electrons. The lowest BCUT2D eigenvalue weighted by atomic mass is 9.97. The zero-order valence-corrected chi connectivity index (χ0v) is 11.3. The number of carbonyl (C=O) groups excluding carboxylic acids is 1. The molecule has 1 aromatic rings. The Bertz CT molecular complexity index is 345. The van der Waals surface area contributed by atoms with E-state index in [2.05, 4.69) is 15.9 Å². The van der Waals surface area contributed by atoms with Crippen molar-refractivity contribution in [1.82, 2.24) is 0 Å². The Morgan fingerprint density at radius 3 is 2.38 bits per heavy atom. The Kier molecular flexibility index (Phi) is 5.16. The molecule has 0 aliphatic carbocycles. The van der Waals surface area contributed by atoms with E-state index in [1.807, 2.05) is 38.1 Å². The highest BCUT2D eigenvalue weighted by atomic mass is 79.9. The fraction of sp³-hybridized carbons (Fsp3) is 0.462. The summed E-state index contributed by atoms with van der Waals surface area (Å²) < 4.78 is 1.03. The predicted molar refractivity (Wildman–Crippen MR) is 70.3 cm³/mol. The lowest BCUT2D eigenvalue weighted by Crippen LogP contribution is -2.29. The van der Waals surface area contributed by atoms with Crippen LogP contribution in [0.2, 0.25) is 0 Å². The van der Waals surface area contributed by atoms with E-state index in [4.69, 9.17) is 5.73 Å². The van der Waals surface area contributed by atoms with Gasteiger partial charge in [-0.15, -0.1) is 0 Å². The van der Waals surface area contributed by atoms with E-state index in [1.165, 1.54) is 0 Å². The van der Waals surface area contributed by atoms with Crippen LogP contribution in [0.3, 0.4) is 0 Å². The molecule has 16 heavy (non-hydrogen) atoms. The fourth-order valence-corrected chi connectivity index (χ4v) is 1.67. The van der Waals surface area contributed by atoms with Gasteiger partial charge in [0, 0.05) is 23.4 Å². The summed E-state index contributed by atoms with van der Waals surface area (Å²) in [6, 6.07) is 7.80. The van der Waals surface area contributed by atoms with Gasteiger partial charge in [0.25, 0.3) is 0 Å². The largest absolute Gasteiger partial charge is 0.327 e. The number of hydrogen-bond acceptors (Lipinski definition) is 2. The monoisotopic (exact) mass is 283 g/mol. The fourth-order valence-electron chi connectivity index (χ4n) is 1.40. The normalized spacial score (nSPS) is 12.8. The highest BCUT2D eigenvalue weighted by Gasteiger charge is 2.13. The van der Waals surface area contributed by atoms with Crippen LogP contribution in [0.25, 0.3) is 0 Å². The van der Waals surface area contributed by atoms with Crippen molar-refractivity contribution >= 4 is 21.7 Å². The van der Waals surface area contributed by atoms with Crippen molar-refractivity contribution in [3.63, 3.8) is 0 Å². The van der Waals surface area contributed by atoms with Crippen molar-refractivity contribution < 1.29 is 4.79 Å². The van der Waals surface area contributed by atoms with Gasteiger partial charge in [-0.1, -0.05) is 41.9 Å². The first-order valence-corrected chi connectivity index (χ1v) is 6.30. The van der Waals surface area contributed by atoms with Crippen LogP contribution >= 0.6 is 15.9 Å². The van der Waals surface area contributed by atoms with Crippen molar-refractivity contribution in [3.05, 3.63) is 34.3 Å². The molecule has 0 aromatic heterocycles. The number of benzene rings is 1. The third-order valence-corrected chi connectivity index (χ3v) is 3.16. The molecule has 0 saturated heterocycles. The molecule has 3 heteroatoms. The maximum Gasteiger partial charge on any atom is 0.138 e. The van der Waals surface area contributed by atoms with Crippen LogP contribution in [-0.4, -0.2) is 11.8 Å². The lowest BCUT2D eigenvalue weighted by Gasteiger charge is -2.14. The molecule has 1 unspecified atom stereocenters. The zero-order valence-electron chi connectivity index (χ0n) is 9.74. The Balaban J connectivity index is 2.48. The van der Waals surface area contributed by atoms with Crippen LogP contribution in [0.1, 0.15) is 25.8 Å². The molecule has 0 amide bonds. The van der Waals surface area contributed by atoms with Crippen LogP contribution in [-0.2, 0) is 11.2 Å². The van der Waals surface area contributed by atoms with E-state index in [1.54, 1.807) is 0 Å². The number of Topliss-reactive ketones (excluding diaryl/α,β-unsaturated/α-hetero) is 1. The van der Waals surface area contributed by atoms with Crippen LogP contribution in [0.5, 0.6) is 0 Å². The summed E-state index contributed by atoms with van der Waals surface area (Å²) in [6.45, 7) is 4.08. The quantitative estimate of drug-likeness (QED) is 0.903. The molecule has 0 fully saturated rings. The predicted octanol–water partition coefficient (Wildman–Crippen LogP) is 2.93. The van der Waals surface area contributed by atoms with Crippen LogP contribution in [0.15, 0.2) is 28.7 Å². The van der Waals surface area contributed by atoms with E-state index >= 15 is 0 Å². The third-order valence-electron chi connectivity index (χ3n) is 2.63. The van der Waals surface area contributed by atoms with Gasteiger partial charge in [0.05, 0.1) is 0 Å². The minimum atomic E-state index is -0.0250. The number of ketones is 1. The van der Waals surface area contributed by atoms with Crippen LogP contribution in [0.4, 0.5) is 0 Å². The molecular weight excluding hydrogens is 266 g/mol. The average molecular weight is 284 g/mol. The molecule has 2 nitrogen and oxygen atoms in total. The van der Waals surface area contributed by atoms with Gasteiger partial charge in [0.2, 0.25) is 0 Å². The summed E-state index contributed by atoms with van der Waals surface area (Å²) in [5.74, 6) is 0.567. The summed E-state index contributed by atoms with van der Waals surface area (Å²) in [5, 5.41) is 0. The second kappa shape index (κ2) is 6.16. The van der Waals surface area contributed by atoms with E-state index in [0.29, 0.717) is 18.8 Å². The summed E-state index contributed by atoms with van der Waals surface area (Å²) >= 11 is 3.37. The number of halogens is 1. The Morgan fingerprint density at radius 2 is 1.88 bits per heavy atom. The minimum absolute atomic E-state index is 0.0250. The molecular formula is C13H18BrNO. The van der Waals surface area contributed by atoms with Gasteiger partial charge < -0.3 is 5.73 Å². The van der Waals surface area contributed by atoms with E-state index < -0.39 is 0 Å². The highest BCUT2D eigenvalue weighted by molar-refractivity contribution is 9.10. The maximum atomic E-state index is 11.7. The topological polar surface area (TPSA) is 43.1 Å². The van der Waals surface area contributed by atoms with Crippen LogP contribution in [0, 0.1) is 5.92 Å². The van der Waals surface area contributed by atoms with Crippen molar-refractivity contribution in [3.8, 4) is 0 Å². The standard InChI is InChI=1S/C13H18BrNO/c1-9(2)13(15)8-12(16)7-10-3-5-11(14)6-4-10/h3-6,9,13H,7-8,15H2,1-2H3. The van der Waals surface area contributed by atoms with Crippen molar-refractivity contribution in [2.24, 2.45) is 11.7 Å². The van der Waals surface area contributed by atoms with Gasteiger partial charge in [-0.25, -0.2) is 0 Å². The van der Waals surface area contributed by atoms with Crippen molar-refractivity contribution in [2.75, 3.05) is 0 Å². The summed E-state index contributed by atoms with van der Waals surface area (Å²) in [6.07, 6.45) is 0.946. The lowest BCUT2D eigenvalue weighted by molar-refractivity contribution is -0.118. The summed E-state index contributed by atoms with van der Waals surface area (Å²) in [4.78, 5) is 11.7. The molecule has 0 aliphatic rings. The van der Waals surface area contributed by atoms with Crippen molar-refractivity contribution in [2.45, 2.75) is 32.7 Å². The number of nitrogens with two attached hydrogens (primary N) is 1. The summed E-state index contributed by atoms with van der Waals surface area (Å²) in [5.41, 5.74) is 6.91. The van der Waals surface area contributed by atoms with Crippen molar-refractivity contribution in [1.29, 1.82) is 0 Å². The van der Waals surface area contributed by atoms with E-state index in [-0.39, 0.29) is 11.8 Å². The molecule has 1 atom stereocenters. The molecule has 0 radical (unpaired) electrons. The molecule has 0 aliphatic heterocycles. The van der Waals surface area contributed by atoms with Crippen LogP contribution < -0.4 is 5.73 Å². The molecule has 1 rings (SSSR count). The van der Waals surface area contributed by atoms with Gasteiger partial charge in [-0.2, -0.15) is 0 Å². The molecule has 0 heterocycles. The Hall–Kier alpha value is -0.670. The first-order valence-electron chi connectivity index (χ1n) is 5.50. The maximum absolute atomic E-state index is 11.7. The molecule has 0 saturated carbocycles. The molecule has 1 aromatic carbocycles. The molecule has 0 spiro atoms. The number of carbonyl (C=O) groups is 1. The number of hydrogen-bond donors (Lipinski definition) is 1. The zero-order chi connectivity index (χ0) is 12.1. The Morgan fingerprint density at radius 1 is 1.31 bits per heavy atom. The van der Waals surface area contributed by atoms with Gasteiger partial charge >= 0.3 is 0 Å². The molecule has 2 N–H and O–H groups in total. The van der Waals surface area contributed by atoms with Gasteiger partial charge in [0.1, 0.15) is 5.78 Å². The second-order valence-electron chi connectivity index (χ2n) is 4.45. The summed E-state index contributed by atoms with van der Waals surface area (Å²) in [7, 11) is 0. The third kappa shape index (κ3) is 4.45. The SMILES string of the molecule is CC(C)C(N)CC(=O)Cc1ccc(Br)cc1. The Labute approximate surface area is 105 Å². The van der Waals surface area contributed by atoms with Gasteiger partial charge in [-0.3, -0.25) is 4.79 Å². The first kappa shape index (κ1) is 13.4. The minimum Gasteiger partial charge on any atom is -0.327 e. The van der Waals surface area contributed by atoms with Gasteiger partial charge in [0.15, 0.2) is 0 Å².